The standard InChI is InChI=1S/C15H17NSSi/c1-12(10-16)15(13-8-6-5-7-9-13)14(11-17)18(2,3)4/h5-9,15H,1H2,2-4H3. The van der Waals surface area contributed by atoms with Crippen LogP contribution in [-0.4, -0.2) is 13.1 Å². The molecule has 0 aliphatic rings. The number of benzene rings is 1. The molecule has 92 valence electrons. The summed E-state index contributed by atoms with van der Waals surface area (Å²) in [4.78, 5) is 0. The average Bonchev–Trinajstić information content (AvgIpc) is 2.34. The first-order chi connectivity index (χ1) is 8.41. The quantitative estimate of drug-likeness (QED) is 0.464. The van der Waals surface area contributed by atoms with Gasteiger partial charge in [0.05, 0.1) is 14.1 Å². The molecule has 0 N–H and O–H groups in total. The van der Waals surface area contributed by atoms with E-state index in [4.69, 9.17) is 17.5 Å². The third-order valence-corrected chi connectivity index (χ3v) is 5.26. The van der Waals surface area contributed by atoms with Gasteiger partial charge in [0.1, 0.15) is 0 Å². The Balaban J connectivity index is 3.38. The topological polar surface area (TPSA) is 23.8 Å². The van der Waals surface area contributed by atoms with Gasteiger partial charge >= 0.3 is 0 Å². The smallest absolute Gasteiger partial charge is 0.0950 e. The van der Waals surface area contributed by atoms with E-state index in [-0.39, 0.29) is 5.92 Å². The molecular formula is C15H17NSSi. The fourth-order valence-corrected chi connectivity index (χ4v) is 4.45. The van der Waals surface area contributed by atoms with E-state index in [2.05, 4.69) is 37.3 Å². The van der Waals surface area contributed by atoms with Gasteiger partial charge in [0.25, 0.3) is 0 Å². The minimum Gasteiger partial charge on any atom is -0.193 e. The predicted molar refractivity (Wildman–Crippen MR) is 83.4 cm³/mol. The van der Waals surface area contributed by atoms with Gasteiger partial charge in [-0.1, -0.05) is 61.6 Å². The normalized spacial score (nSPS) is 12.1. The summed E-state index contributed by atoms with van der Waals surface area (Å²) in [6, 6.07) is 12.1. The van der Waals surface area contributed by atoms with Crippen molar-refractivity contribution in [2.75, 3.05) is 0 Å². The zero-order chi connectivity index (χ0) is 13.8. The number of hydrogen-bond acceptors (Lipinski definition) is 2. The summed E-state index contributed by atoms with van der Waals surface area (Å²) < 4.78 is 0. The van der Waals surface area contributed by atoms with Gasteiger partial charge in [0.15, 0.2) is 0 Å². The van der Waals surface area contributed by atoms with E-state index in [1.807, 2.05) is 30.3 Å². The van der Waals surface area contributed by atoms with Crippen molar-refractivity contribution < 1.29 is 0 Å². The molecule has 0 aromatic heterocycles. The number of nitriles is 1. The van der Waals surface area contributed by atoms with Crippen LogP contribution in [0.3, 0.4) is 0 Å². The van der Waals surface area contributed by atoms with Crippen LogP contribution >= 0.6 is 12.2 Å². The Morgan fingerprint density at radius 3 is 2.22 bits per heavy atom. The summed E-state index contributed by atoms with van der Waals surface area (Å²) in [5, 5.41) is 13.1. The van der Waals surface area contributed by atoms with Crippen LogP contribution in [0.4, 0.5) is 0 Å². The van der Waals surface area contributed by atoms with E-state index in [0.717, 1.165) is 10.8 Å². The first-order valence-corrected chi connectivity index (χ1v) is 9.72. The molecule has 0 aliphatic carbocycles. The van der Waals surface area contributed by atoms with Gasteiger partial charge in [-0.25, -0.2) is 0 Å². The summed E-state index contributed by atoms with van der Waals surface area (Å²) in [6.45, 7) is 10.5. The predicted octanol–water partition coefficient (Wildman–Crippen LogP) is 4.25. The summed E-state index contributed by atoms with van der Waals surface area (Å²) in [5.41, 5.74) is 1.61. The molecule has 18 heavy (non-hydrogen) atoms. The molecule has 0 fully saturated rings. The first kappa shape index (κ1) is 14.6. The van der Waals surface area contributed by atoms with Crippen molar-refractivity contribution in [3.05, 3.63) is 53.2 Å². The highest BCUT2D eigenvalue weighted by atomic mass is 32.1. The molecule has 1 unspecified atom stereocenters. The van der Waals surface area contributed by atoms with Crippen LogP contribution in [0.5, 0.6) is 0 Å². The summed E-state index contributed by atoms with van der Waals surface area (Å²) >= 11 is 5.06. The van der Waals surface area contributed by atoms with Crippen molar-refractivity contribution >= 4 is 25.3 Å². The van der Waals surface area contributed by atoms with Gasteiger partial charge < -0.3 is 0 Å². The second-order valence-corrected chi connectivity index (χ2v) is 10.5. The Bertz CT molecular complexity index is 528. The highest BCUT2D eigenvalue weighted by molar-refractivity contribution is 7.78. The molecule has 0 aliphatic heterocycles. The zero-order valence-corrected chi connectivity index (χ0v) is 12.8. The minimum atomic E-state index is -1.62. The molecule has 1 aromatic carbocycles. The highest BCUT2D eigenvalue weighted by Gasteiger charge is 2.30. The number of hydrogen-bond donors (Lipinski definition) is 0. The maximum atomic E-state index is 9.17. The molecule has 0 spiro atoms. The van der Waals surface area contributed by atoms with E-state index >= 15 is 0 Å². The molecule has 1 rings (SSSR count). The number of rotatable bonds is 4. The molecule has 3 heteroatoms. The van der Waals surface area contributed by atoms with Crippen molar-refractivity contribution in [3.63, 3.8) is 0 Å². The van der Waals surface area contributed by atoms with E-state index in [0.29, 0.717) is 5.57 Å². The van der Waals surface area contributed by atoms with Gasteiger partial charge in [-0.2, -0.15) is 5.26 Å². The zero-order valence-electron chi connectivity index (χ0n) is 11.0. The Morgan fingerprint density at radius 2 is 1.83 bits per heavy atom. The molecule has 1 atom stereocenters. The monoisotopic (exact) mass is 271 g/mol. The van der Waals surface area contributed by atoms with Crippen LogP contribution < -0.4 is 0 Å². The number of thiocarbonyl (C=S) groups is 1. The maximum absolute atomic E-state index is 9.17. The van der Waals surface area contributed by atoms with Gasteiger partial charge in [-0.05, 0) is 23.0 Å². The molecule has 1 nitrogen and oxygen atoms in total. The second kappa shape index (κ2) is 5.93. The Labute approximate surface area is 115 Å². The van der Waals surface area contributed by atoms with Crippen molar-refractivity contribution in [1.82, 2.24) is 0 Å². The van der Waals surface area contributed by atoms with E-state index < -0.39 is 8.07 Å². The van der Waals surface area contributed by atoms with Gasteiger partial charge in [-0.15, -0.1) is 0 Å². The summed E-state index contributed by atoms with van der Waals surface area (Å²) in [5.74, 6) is -0.111. The second-order valence-electron chi connectivity index (χ2n) is 5.25. The van der Waals surface area contributed by atoms with Crippen molar-refractivity contribution in [2.45, 2.75) is 25.6 Å². The van der Waals surface area contributed by atoms with Gasteiger partial charge in [0.2, 0.25) is 0 Å². The average molecular weight is 271 g/mol. The molecule has 0 saturated carbocycles. The van der Waals surface area contributed by atoms with Crippen molar-refractivity contribution in [2.24, 2.45) is 0 Å². The molecule has 0 heterocycles. The molecule has 0 amide bonds. The third-order valence-electron chi connectivity index (χ3n) is 2.83. The number of nitrogens with zero attached hydrogens (tertiary/aromatic N) is 1. The van der Waals surface area contributed by atoms with Gasteiger partial charge in [0, 0.05) is 11.5 Å². The lowest BCUT2D eigenvalue weighted by Crippen LogP contribution is -2.29. The molecule has 0 saturated heterocycles. The lowest BCUT2D eigenvalue weighted by molar-refractivity contribution is 1.01. The largest absolute Gasteiger partial charge is 0.193 e. The van der Waals surface area contributed by atoms with E-state index in [1.54, 1.807) is 0 Å². The Morgan fingerprint density at radius 1 is 1.28 bits per heavy atom. The van der Waals surface area contributed by atoms with Crippen LogP contribution in [0.2, 0.25) is 19.6 Å². The summed E-state index contributed by atoms with van der Waals surface area (Å²) in [7, 11) is -1.62. The highest BCUT2D eigenvalue weighted by Crippen LogP contribution is 2.34. The van der Waals surface area contributed by atoms with Crippen LogP contribution in [0, 0.1) is 11.3 Å². The van der Waals surface area contributed by atoms with Crippen molar-refractivity contribution in [1.29, 1.82) is 5.26 Å². The maximum Gasteiger partial charge on any atom is 0.0950 e. The SMILES string of the molecule is C=C(C#N)C(C(=C=S)[Si](C)(C)C)c1ccccc1. The first-order valence-electron chi connectivity index (χ1n) is 5.81. The van der Waals surface area contributed by atoms with Gasteiger partial charge in [-0.3, -0.25) is 0 Å². The Kier molecular flexibility index (Phi) is 4.81. The lowest BCUT2D eigenvalue weighted by Gasteiger charge is -2.26. The lowest BCUT2D eigenvalue weighted by atomic mass is 9.92. The summed E-state index contributed by atoms with van der Waals surface area (Å²) in [6.07, 6.45) is 0. The fraction of sp³-hybridized carbons (Fsp3) is 0.267. The third kappa shape index (κ3) is 3.27. The van der Waals surface area contributed by atoms with Crippen LogP contribution in [0.25, 0.3) is 0 Å². The molecule has 1 aromatic rings. The molecular weight excluding hydrogens is 254 g/mol. The van der Waals surface area contributed by atoms with Crippen molar-refractivity contribution in [3.8, 4) is 6.07 Å². The van der Waals surface area contributed by atoms with E-state index in [9.17, 15) is 0 Å². The molecule has 0 radical (unpaired) electrons. The van der Waals surface area contributed by atoms with E-state index in [1.165, 1.54) is 0 Å². The Hall–Kier alpha value is -1.46. The molecule has 0 bridgehead atoms. The van der Waals surface area contributed by atoms with Crippen LogP contribution in [-0.2, 0) is 0 Å². The fourth-order valence-electron chi connectivity index (χ4n) is 1.90. The number of allylic oxidation sites excluding steroid dienone is 2. The van der Waals surface area contributed by atoms with Crippen LogP contribution in [0.15, 0.2) is 47.7 Å². The minimum absolute atomic E-state index is 0.111. The van der Waals surface area contributed by atoms with Crippen LogP contribution in [0.1, 0.15) is 11.5 Å².